The van der Waals surface area contributed by atoms with E-state index in [1.54, 1.807) is 31.4 Å². The fourth-order valence-corrected chi connectivity index (χ4v) is 2.13. The van der Waals surface area contributed by atoms with Gasteiger partial charge in [-0.05, 0) is 43.2 Å². The zero-order valence-corrected chi connectivity index (χ0v) is 14.4. The van der Waals surface area contributed by atoms with E-state index in [2.05, 4.69) is 5.32 Å². The lowest BCUT2D eigenvalue weighted by Crippen LogP contribution is -2.30. The number of ether oxygens (including phenoxy) is 3. The minimum atomic E-state index is -0.396. The number of para-hydroxylation sites is 1. The molecule has 6 heteroatoms. The van der Waals surface area contributed by atoms with Crippen LogP contribution in [0.5, 0.6) is 17.2 Å². The van der Waals surface area contributed by atoms with Crippen LogP contribution in [-0.4, -0.2) is 32.8 Å². The molecule has 2 aromatic rings. The molecular weight excluding hydrogens is 325 g/mol. The molecule has 0 fully saturated rings. The minimum absolute atomic E-state index is 0.104. The number of carbonyl (C=O) groups is 1. The van der Waals surface area contributed by atoms with Crippen molar-refractivity contribution in [1.82, 2.24) is 5.32 Å². The molecule has 0 bridgehead atoms. The zero-order chi connectivity index (χ0) is 18.1. The lowest BCUT2D eigenvalue weighted by molar-refractivity contribution is -0.123. The van der Waals surface area contributed by atoms with Crippen molar-refractivity contribution < 1.29 is 23.4 Å². The normalized spacial score (nSPS) is 10.2. The summed E-state index contributed by atoms with van der Waals surface area (Å²) in [7, 11) is 1.55. The summed E-state index contributed by atoms with van der Waals surface area (Å²) in [6, 6.07) is 11.7. The highest BCUT2D eigenvalue weighted by molar-refractivity contribution is 5.77. The van der Waals surface area contributed by atoms with Gasteiger partial charge in [0.25, 0.3) is 5.91 Å². The molecule has 1 amide bonds. The molecular formula is C19H22FNO4. The molecule has 134 valence electrons. The molecule has 0 spiro atoms. The van der Waals surface area contributed by atoms with Crippen molar-refractivity contribution in [3.05, 3.63) is 53.8 Å². The quantitative estimate of drug-likeness (QED) is 0.708. The van der Waals surface area contributed by atoms with Crippen molar-refractivity contribution in [2.24, 2.45) is 0 Å². The first kappa shape index (κ1) is 18.6. The average Bonchev–Trinajstić information content (AvgIpc) is 2.61. The van der Waals surface area contributed by atoms with Gasteiger partial charge in [-0.25, -0.2) is 4.39 Å². The first-order valence-electron chi connectivity index (χ1n) is 8.01. The van der Waals surface area contributed by atoms with Crippen LogP contribution >= 0.6 is 0 Å². The van der Waals surface area contributed by atoms with E-state index >= 15 is 0 Å². The maximum Gasteiger partial charge on any atom is 0.257 e. The molecule has 0 aliphatic rings. The number of carbonyl (C=O) groups excluding carboxylic acids is 1. The minimum Gasteiger partial charge on any atom is -0.493 e. The van der Waals surface area contributed by atoms with Crippen LogP contribution < -0.4 is 19.5 Å². The largest absolute Gasteiger partial charge is 0.493 e. The number of hydrogen-bond donors (Lipinski definition) is 1. The summed E-state index contributed by atoms with van der Waals surface area (Å²) in [6.07, 6.45) is 0.563. The second kappa shape index (κ2) is 9.52. The second-order valence-corrected chi connectivity index (χ2v) is 5.43. The first-order chi connectivity index (χ1) is 12.1. The van der Waals surface area contributed by atoms with Gasteiger partial charge in [0.15, 0.2) is 29.7 Å². The SMILES string of the molecule is COc1cc(C)ccc1OCC(=O)NCCCOc1ccccc1F. The van der Waals surface area contributed by atoms with E-state index in [4.69, 9.17) is 14.2 Å². The van der Waals surface area contributed by atoms with Crippen molar-refractivity contribution in [2.75, 3.05) is 26.9 Å². The molecule has 2 rings (SSSR count). The maximum atomic E-state index is 13.4. The summed E-state index contributed by atoms with van der Waals surface area (Å²) in [5.41, 5.74) is 1.04. The number of halogens is 1. The Balaban J connectivity index is 1.65. The van der Waals surface area contributed by atoms with E-state index in [-0.39, 0.29) is 18.3 Å². The average molecular weight is 347 g/mol. The van der Waals surface area contributed by atoms with Crippen LogP contribution in [0, 0.1) is 12.7 Å². The Kier molecular flexibility index (Phi) is 7.07. The second-order valence-electron chi connectivity index (χ2n) is 5.43. The first-order valence-corrected chi connectivity index (χ1v) is 8.01. The fourth-order valence-electron chi connectivity index (χ4n) is 2.13. The van der Waals surface area contributed by atoms with Crippen LogP contribution in [0.15, 0.2) is 42.5 Å². The Morgan fingerprint density at radius 3 is 2.64 bits per heavy atom. The predicted molar refractivity (Wildman–Crippen MR) is 92.7 cm³/mol. The Morgan fingerprint density at radius 1 is 1.08 bits per heavy atom. The monoisotopic (exact) mass is 347 g/mol. The molecule has 0 heterocycles. The van der Waals surface area contributed by atoms with Gasteiger partial charge in [-0.1, -0.05) is 18.2 Å². The van der Waals surface area contributed by atoms with Gasteiger partial charge in [-0.3, -0.25) is 4.79 Å². The van der Waals surface area contributed by atoms with Crippen molar-refractivity contribution in [1.29, 1.82) is 0 Å². The highest BCUT2D eigenvalue weighted by Crippen LogP contribution is 2.27. The smallest absolute Gasteiger partial charge is 0.257 e. The summed E-state index contributed by atoms with van der Waals surface area (Å²) in [6.45, 7) is 2.57. The van der Waals surface area contributed by atoms with Gasteiger partial charge in [0.2, 0.25) is 0 Å². The van der Waals surface area contributed by atoms with Crippen LogP contribution in [-0.2, 0) is 4.79 Å². The fraction of sp³-hybridized carbons (Fsp3) is 0.316. The molecule has 0 aliphatic carbocycles. The Hall–Kier alpha value is -2.76. The van der Waals surface area contributed by atoms with Gasteiger partial charge in [-0.15, -0.1) is 0 Å². The summed E-state index contributed by atoms with van der Waals surface area (Å²) in [5, 5.41) is 2.72. The van der Waals surface area contributed by atoms with Gasteiger partial charge in [0.05, 0.1) is 13.7 Å². The molecule has 0 atom stereocenters. The number of nitrogens with one attached hydrogen (secondary N) is 1. The van der Waals surface area contributed by atoms with Gasteiger partial charge < -0.3 is 19.5 Å². The molecule has 1 N–H and O–H groups in total. The third-order valence-electron chi connectivity index (χ3n) is 3.42. The molecule has 0 aromatic heterocycles. The van der Waals surface area contributed by atoms with Crippen molar-refractivity contribution in [3.8, 4) is 17.2 Å². The molecule has 0 aliphatic heterocycles. The Labute approximate surface area is 146 Å². The van der Waals surface area contributed by atoms with Gasteiger partial charge in [0.1, 0.15) is 0 Å². The number of rotatable bonds is 9. The van der Waals surface area contributed by atoms with E-state index in [0.717, 1.165) is 5.56 Å². The molecule has 25 heavy (non-hydrogen) atoms. The molecule has 0 saturated carbocycles. The molecule has 2 aromatic carbocycles. The zero-order valence-electron chi connectivity index (χ0n) is 14.4. The van der Waals surface area contributed by atoms with Crippen LogP contribution in [0.2, 0.25) is 0 Å². The molecule has 0 unspecified atom stereocenters. The highest BCUT2D eigenvalue weighted by Gasteiger charge is 2.07. The van der Waals surface area contributed by atoms with Crippen LogP contribution in [0.1, 0.15) is 12.0 Å². The topological polar surface area (TPSA) is 56.8 Å². The van der Waals surface area contributed by atoms with Gasteiger partial charge >= 0.3 is 0 Å². The molecule has 5 nitrogen and oxygen atoms in total. The van der Waals surface area contributed by atoms with Crippen molar-refractivity contribution >= 4 is 5.91 Å². The van der Waals surface area contributed by atoms with E-state index in [1.165, 1.54) is 6.07 Å². The predicted octanol–water partition coefficient (Wildman–Crippen LogP) is 3.11. The van der Waals surface area contributed by atoms with E-state index < -0.39 is 5.82 Å². The molecule has 0 radical (unpaired) electrons. The van der Waals surface area contributed by atoms with E-state index in [0.29, 0.717) is 31.1 Å². The van der Waals surface area contributed by atoms with Crippen molar-refractivity contribution in [2.45, 2.75) is 13.3 Å². The maximum absolute atomic E-state index is 13.4. The lowest BCUT2D eigenvalue weighted by Gasteiger charge is -2.11. The summed E-state index contributed by atoms with van der Waals surface area (Å²) >= 11 is 0. The van der Waals surface area contributed by atoms with E-state index in [9.17, 15) is 9.18 Å². The number of benzene rings is 2. The lowest BCUT2D eigenvalue weighted by atomic mass is 10.2. The van der Waals surface area contributed by atoms with E-state index in [1.807, 2.05) is 19.1 Å². The van der Waals surface area contributed by atoms with Crippen LogP contribution in [0.3, 0.4) is 0 Å². The number of aryl methyl sites for hydroxylation is 1. The summed E-state index contributed by atoms with van der Waals surface area (Å²) < 4.78 is 29.4. The highest BCUT2D eigenvalue weighted by atomic mass is 19.1. The summed E-state index contributed by atoms with van der Waals surface area (Å²) in [4.78, 5) is 11.8. The van der Waals surface area contributed by atoms with Crippen LogP contribution in [0.25, 0.3) is 0 Å². The number of methoxy groups -OCH3 is 1. The van der Waals surface area contributed by atoms with Crippen molar-refractivity contribution in [3.63, 3.8) is 0 Å². The number of amides is 1. The standard InChI is InChI=1S/C19H22FNO4/c1-14-8-9-17(18(12-14)23-2)25-13-19(22)21-10-5-11-24-16-7-4-3-6-15(16)20/h3-4,6-9,12H,5,10-11,13H2,1-2H3,(H,21,22). The Bertz CT molecular complexity index is 706. The molecule has 0 saturated heterocycles. The van der Waals surface area contributed by atoms with Crippen LogP contribution in [0.4, 0.5) is 4.39 Å². The summed E-state index contributed by atoms with van der Waals surface area (Å²) in [5.74, 6) is 0.682. The number of hydrogen-bond acceptors (Lipinski definition) is 4. The third kappa shape index (κ3) is 5.99. The Morgan fingerprint density at radius 2 is 1.88 bits per heavy atom. The van der Waals surface area contributed by atoms with Gasteiger partial charge in [0, 0.05) is 6.54 Å². The third-order valence-corrected chi connectivity index (χ3v) is 3.42. The van der Waals surface area contributed by atoms with Gasteiger partial charge in [-0.2, -0.15) is 0 Å².